The summed E-state index contributed by atoms with van der Waals surface area (Å²) in [5, 5.41) is 3.96. The van der Waals surface area contributed by atoms with Crippen molar-refractivity contribution in [2.75, 3.05) is 0 Å². The second-order valence-corrected chi connectivity index (χ2v) is 3.73. The highest BCUT2D eigenvalue weighted by molar-refractivity contribution is 5.94. The lowest BCUT2D eigenvalue weighted by molar-refractivity contribution is -0.0498. The predicted octanol–water partition coefficient (Wildman–Crippen LogP) is 3.09. The molecule has 17 heavy (non-hydrogen) atoms. The first-order valence-electron chi connectivity index (χ1n) is 5.44. The van der Waals surface area contributed by atoms with E-state index in [0.29, 0.717) is 5.90 Å². The zero-order valence-corrected chi connectivity index (χ0v) is 9.11. The Morgan fingerprint density at radius 2 is 1.47 bits per heavy atom. The number of rotatable bonds is 2. The van der Waals surface area contributed by atoms with Crippen molar-refractivity contribution < 1.29 is 9.57 Å². The fourth-order valence-electron chi connectivity index (χ4n) is 1.68. The summed E-state index contributed by atoms with van der Waals surface area (Å²) in [6, 6.07) is 19.5. The first-order chi connectivity index (χ1) is 8.43. The number of benzene rings is 2. The molecule has 2 aromatic carbocycles. The molecular weight excluding hydrogens is 214 g/mol. The molecule has 1 aliphatic heterocycles. The van der Waals surface area contributed by atoms with E-state index in [2.05, 4.69) is 5.16 Å². The summed E-state index contributed by atoms with van der Waals surface area (Å²) in [5.41, 5.74) is 1.88. The van der Waals surface area contributed by atoms with Crippen LogP contribution >= 0.6 is 0 Å². The summed E-state index contributed by atoms with van der Waals surface area (Å²) >= 11 is 0. The van der Waals surface area contributed by atoms with Gasteiger partial charge >= 0.3 is 0 Å². The topological polar surface area (TPSA) is 30.8 Å². The van der Waals surface area contributed by atoms with Crippen LogP contribution in [0.1, 0.15) is 17.4 Å². The van der Waals surface area contributed by atoms with Gasteiger partial charge < -0.3 is 9.57 Å². The van der Waals surface area contributed by atoms with E-state index in [-0.39, 0.29) is 0 Å². The fourth-order valence-corrected chi connectivity index (χ4v) is 1.68. The molecule has 3 rings (SSSR count). The van der Waals surface area contributed by atoms with Crippen molar-refractivity contribution in [2.45, 2.75) is 6.29 Å². The maximum Gasteiger partial charge on any atom is 0.293 e. The van der Waals surface area contributed by atoms with Crippen molar-refractivity contribution in [3.05, 3.63) is 71.8 Å². The Balaban J connectivity index is 1.78. The molecule has 84 valence electrons. The van der Waals surface area contributed by atoms with Gasteiger partial charge in [-0.1, -0.05) is 48.5 Å². The van der Waals surface area contributed by atoms with Gasteiger partial charge in [0.25, 0.3) is 12.2 Å². The highest BCUT2D eigenvalue weighted by Crippen LogP contribution is 2.26. The molecule has 1 heterocycles. The Kier molecular flexibility index (Phi) is 2.50. The first-order valence-corrected chi connectivity index (χ1v) is 5.44. The van der Waals surface area contributed by atoms with Gasteiger partial charge in [0.15, 0.2) is 0 Å². The monoisotopic (exact) mass is 225 g/mol. The molecule has 0 amide bonds. The maximum absolute atomic E-state index is 5.66. The second kappa shape index (κ2) is 4.29. The van der Waals surface area contributed by atoms with Crippen LogP contribution in [-0.4, -0.2) is 5.90 Å². The zero-order valence-electron chi connectivity index (χ0n) is 9.11. The average molecular weight is 225 g/mol. The number of ether oxygens (including phenoxy) is 1. The van der Waals surface area contributed by atoms with E-state index in [9.17, 15) is 0 Å². The maximum atomic E-state index is 5.66. The van der Waals surface area contributed by atoms with E-state index in [1.54, 1.807) is 0 Å². The third kappa shape index (κ3) is 1.99. The van der Waals surface area contributed by atoms with E-state index in [0.717, 1.165) is 11.1 Å². The lowest BCUT2D eigenvalue weighted by atomic mass is 10.2. The van der Waals surface area contributed by atoms with Gasteiger partial charge in [-0.3, -0.25) is 0 Å². The average Bonchev–Trinajstić information content (AvgIpc) is 2.90. The Hall–Kier alpha value is -2.29. The van der Waals surface area contributed by atoms with Gasteiger partial charge in [-0.05, 0) is 17.3 Å². The van der Waals surface area contributed by atoms with Crippen LogP contribution in [0.15, 0.2) is 65.8 Å². The Labute approximate surface area is 99.3 Å². The number of hydrogen-bond acceptors (Lipinski definition) is 3. The van der Waals surface area contributed by atoms with Crippen LogP contribution in [0.4, 0.5) is 0 Å². The van der Waals surface area contributed by atoms with Crippen molar-refractivity contribution in [2.24, 2.45) is 5.16 Å². The van der Waals surface area contributed by atoms with Crippen molar-refractivity contribution in [3.63, 3.8) is 0 Å². The van der Waals surface area contributed by atoms with Gasteiger partial charge in [0.05, 0.1) is 0 Å². The molecule has 0 aliphatic carbocycles. The van der Waals surface area contributed by atoms with Crippen LogP contribution in [0, 0.1) is 0 Å². The summed E-state index contributed by atoms with van der Waals surface area (Å²) in [6.45, 7) is 0. The van der Waals surface area contributed by atoms with E-state index in [4.69, 9.17) is 9.57 Å². The minimum Gasteiger partial charge on any atom is -0.428 e. The zero-order chi connectivity index (χ0) is 11.5. The predicted molar refractivity (Wildman–Crippen MR) is 64.3 cm³/mol. The van der Waals surface area contributed by atoms with E-state index < -0.39 is 6.29 Å². The minimum absolute atomic E-state index is 0.439. The fraction of sp³-hybridized carbons (Fsp3) is 0.0714. The normalized spacial score (nSPS) is 18.1. The molecule has 1 unspecified atom stereocenters. The summed E-state index contributed by atoms with van der Waals surface area (Å²) in [4.78, 5) is 5.27. The van der Waals surface area contributed by atoms with Gasteiger partial charge in [-0.15, -0.1) is 0 Å². The van der Waals surface area contributed by atoms with E-state index in [1.807, 2.05) is 60.7 Å². The lowest BCUT2D eigenvalue weighted by Gasteiger charge is -2.08. The van der Waals surface area contributed by atoms with Crippen LogP contribution in [0.3, 0.4) is 0 Å². The quantitative estimate of drug-likeness (QED) is 0.786. The van der Waals surface area contributed by atoms with Crippen LogP contribution < -0.4 is 0 Å². The molecule has 0 radical (unpaired) electrons. The van der Waals surface area contributed by atoms with E-state index >= 15 is 0 Å². The van der Waals surface area contributed by atoms with Crippen molar-refractivity contribution in [1.82, 2.24) is 0 Å². The van der Waals surface area contributed by atoms with E-state index in [1.165, 1.54) is 0 Å². The highest BCUT2D eigenvalue weighted by Gasteiger charge is 2.24. The largest absolute Gasteiger partial charge is 0.428 e. The molecule has 3 nitrogen and oxygen atoms in total. The minimum atomic E-state index is -0.439. The van der Waals surface area contributed by atoms with Crippen molar-refractivity contribution in [1.29, 1.82) is 0 Å². The van der Waals surface area contributed by atoms with Crippen molar-refractivity contribution in [3.8, 4) is 0 Å². The third-order valence-electron chi connectivity index (χ3n) is 2.54. The molecule has 0 bridgehead atoms. The molecule has 0 saturated heterocycles. The highest BCUT2D eigenvalue weighted by atomic mass is 16.8. The SMILES string of the molecule is c1ccc(C2=NOC(c3ccccc3)O2)cc1. The van der Waals surface area contributed by atoms with Crippen LogP contribution in [0.5, 0.6) is 0 Å². The number of hydrogen-bond donors (Lipinski definition) is 0. The summed E-state index contributed by atoms with van der Waals surface area (Å²) < 4.78 is 5.66. The van der Waals surface area contributed by atoms with Crippen LogP contribution in [0.2, 0.25) is 0 Å². The molecule has 0 fully saturated rings. The molecule has 0 saturated carbocycles. The Morgan fingerprint density at radius 3 is 2.18 bits per heavy atom. The summed E-state index contributed by atoms with van der Waals surface area (Å²) in [6.07, 6.45) is -0.439. The molecular formula is C14H11NO2. The Bertz CT molecular complexity index is 522. The van der Waals surface area contributed by atoms with Crippen LogP contribution in [0.25, 0.3) is 0 Å². The molecule has 3 heteroatoms. The smallest absolute Gasteiger partial charge is 0.293 e. The van der Waals surface area contributed by atoms with Crippen LogP contribution in [-0.2, 0) is 9.57 Å². The molecule has 0 aromatic heterocycles. The number of nitrogens with zero attached hydrogens (tertiary/aromatic N) is 1. The first kappa shape index (κ1) is 9.90. The number of oxime groups is 1. The standard InChI is InChI=1S/C14H11NO2/c1-3-7-11(8-4-1)13-15-17-14(16-13)12-9-5-2-6-10-12/h1-10,14H. The Morgan fingerprint density at radius 1 is 0.824 bits per heavy atom. The molecule has 1 aliphatic rings. The van der Waals surface area contributed by atoms with Gasteiger partial charge in [0.1, 0.15) is 0 Å². The summed E-state index contributed by atoms with van der Waals surface area (Å²) in [5.74, 6) is 0.527. The molecule has 2 aromatic rings. The lowest BCUT2D eigenvalue weighted by Crippen LogP contribution is -2.05. The van der Waals surface area contributed by atoms with Crippen molar-refractivity contribution >= 4 is 5.90 Å². The molecule has 0 N–H and O–H groups in total. The van der Waals surface area contributed by atoms with Gasteiger partial charge in [0.2, 0.25) is 0 Å². The summed E-state index contributed by atoms with van der Waals surface area (Å²) in [7, 11) is 0. The third-order valence-corrected chi connectivity index (χ3v) is 2.54. The van der Waals surface area contributed by atoms with Gasteiger partial charge in [-0.2, -0.15) is 0 Å². The molecule has 1 atom stereocenters. The second-order valence-electron chi connectivity index (χ2n) is 3.73. The van der Waals surface area contributed by atoms with Gasteiger partial charge in [-0.25, -0.2) is 0 Å². The van der Waals surface area contributed by atoms with Gasteiger partial charge in [0, 0.05) is 11.1 Å². The molecule has 0 spiro atoms.